The van der Waals surface area contributed by atoms with Crippen LogP contribution in [-0.4, -0.2) is 29.4 Å². The van der Waals surface area contributed by atoms with E-state index in [2.05, 4.69) is 42.3 Å². The normalized spacial score (nSPS) is 10.4. The van der Waals surface area contributed by atoms with Crippen molar-refractivity contribution < 1.29 is 4.79 Å². The molecule has 0 unspecified atom stereocenters. The van der Waals surface area contributed by atoms with E-state index in [1.165, 1.54) is 11.1 Å². The second-order valence-corrected chi connectivity index (χ2v) is 5.85. The first kappa shape index (κ1) is 17.0. The van der Waals surface area contributed by atoms with Gasteiger partial charge in [0.15, 0.2) is 0 Å². The van der Waals surface area contributed by atoms with E-state index >= 15 is 0 Å². The molecule has 1 amide bonds. The molecule has 1 heterocycles. The standard InChI is InChI=1S/C19H25N3O/c1-4-5-11-22(3)19(23)17-9-10-20-18(13-17)21-14-16-8-6-7-15(2)12-16/h6-10,12-13H,4-5,11,14H2,1-3H3,(H,20,21). The lowest BCUT2D eigenvalue weighted by molar-refractivity contribution is 0.0793. The third-order valence-corrected chi connectivity index (χ3v) is 3.76. The summed E-state index contributed by atoms with van der Waals surface area (Å²) in [7, 11) is 1.85. The predicted molar refractivity (Wildman–Crippen MR) is 94.6 cm³/mol. The van der Waals surface area contributed by atoms with Crippen LogP contribution in [0.1, 0.15) is 41.3 Å². The molecule has 0 radical (unpaired) electrons. The molecular weight excluding hydrogens is 286 g/mol. The Bertz CT molecular complexity index is 655. The third-order valence-electron chi connectivity index (χ3n) is 3.76. The summed E-state index contributed by atoms with van der Waals surface area (Å²) in [4.78, 5) is 18.5. The van der Waals surface area contributed by atoms with Gasteiger partial charge in [-0.1, -0.05) is 43.2 Å². The monoisotopic (exact) mass is 311 g/mol. The first-order chi connectivity index (χ1) is 11.1. The fourth-order valence-corrected chi connectivity index (χ4v) is 2.39. The van der Waals surface area contributed by atoms with Gasteiger partial charge in [-0.3, -0.25) is 4.79 Å². The number of hydrogen-bond donors (Lipinski definition) is 1. The zero-order valence-corrected chi connectivity index (χ0v) is 14.2. The Labute approximate surface area is 138 Å². The molecule has 0 aliphatic rings. The highest BCUT2D eigenvalue weighted by Gasteiger charge is 2.11. The van der Waals surface area contributed by atoms with Crippen molar-refractivity contribution >= 4 is 11.7 Å². The van der Waals surface area contributed by atoms with E-state index in [0.717, 1.165) is 25.2 Å². The van der Waals surface area contributed by atoms with Crippen molar-refractivity contribution in [2.24, 2.45) is 0 Å². The third kappa shape index (κ3) is 5.09. The zero-order valence-electron chi connectivity index (χ0n) is 14.2. The van der Waals surface area contributed by atoms with E-state index in [1.807, 2.05) is 19.2 Å². The lowest BCUT2D eigenvalue weighted by Crippen LogP contribution is -2.27. The minimum atomic E-state index is 0.0412. The smallest absolute Gasteiger partial charge is 0.253 e. The van der Waals surface area contributed by atoms with Crippen molar-refractivity contribution in [3.63, 3.8) is 0 Å². The van der Waals surface area contributed by atoms with Gasteiger partial charge < -0.3 is 10.2 Å². The minimum Gasteiger partial charge on any atom is -0.366 e. The molecule has 1 N–H and O–H groups in total. The number of benzene rings is 1. The van der Waals surface area contributed by atoms with E-state index in [4.69, 9.17) is 0 Å². The second kappa shape index (κ2) is 8.32. The van der Waals surface area contributed by atoms with Gasteiger partial charge in [-0.05, 0) is 31.0 Å². The Balaban J connectivity index is 2.00. The van der Waals surface area contributed by atoms with E-state index < -0.39 is 0 Å². The van der Waals surface area contributed by atoms with Crippen LogP contribution in [0.4, 0.5) is 5.82 Å². The zero-order chi connectivity index (χ0) is 16.7. The van der Waals surface area contributed by atoms with Crippen LogP contribution < -0.4 is 5.32 Å². The summed E-state index contributed by atoms with van der Waals surface area (Å²) in [6.07, 6.45) is 3.78. The molecule has 2 rings (SSSR count). The van der Waals surface area contributed by atoms with E-state index in [-0.39, 0.29) is 5.91 Å². The fraction of sp³-hybridized carbons (Fsp3) is 0.368. The number of carbonyl (C=O) groups is 1. The minimum absolute atomic E-state index is 0.0412. The van der Waals surface area contributed by atoms with Crippen LogP contribution in [0.3, 0.4) is 0 Å². The highest BCUT2D eigenvalue weighted by molar-refractivity contribution is 5.94. The van der Waals surface area contributed by atoms with Crippen LogP contribution in [-0.2, 0) is 6.54 Å². The molecule has 1 aromatic heterocycles. The lowest BCUT2D eigenvalue weighted by atomic mass is 10.1. The van der Waals surface area contributed by atoms with Crippen LogP contribution in [0.2, 0.25) is 0 Å². The highest BCUT2D eigenvalue weighted by atomic mass is 16.2. The van der Waals surface area contributed by atoms with Crippen molar-refractivity contribution in [1.82, 2.24) is 9.88 Å². The van der Waals surface area contributed by atoms with Gasteiger partial charge in [0.1, 0.15) is 5.82 Å². The second-order valence-electron chi connectivity index (χ2n) is 5.85. The predicted octanol–water partition coefficient (Wildman–Crippen LogP) is 3.87. The molecule has 23 heavy (non-hydrogen) atoms. The molecule has 0 spiro atoms. The number of anilines is 1. The number of carbonyl (C=O) groups excluding carboxylic acids is 1. The van der Waals surface area contributed by atoms with Crippen LogP contribution in [0.15, 0.2) is 42.6 Å². The Morgan fingerprint density at radius 2 is 2.09 bits per heavy atom. The van der Waals surface area contributed by atoms with Crippen molar-refractivity contribution in [3.05, 3.63) is 59.3 Å². The average molecular weight is 311 g/mol. The molecule has 2 aromatic rings. The summed E-state index contributed by atoms with van der Waals surface area (Å²) in [5, 5.41) is 3.28. The van der Waals surface area contributed by atoms with Gasteiger partial charge in [-0.15, -0.1) is 0 Å². The van der Waals surface area contributed by atoms with Gasteiger partial charge in [0.2, 0.25) is 0 Å². The summed E-state index contributed by atoms with van der Waals surface area (Å²) in [6.45, 7) is 5.67. The molecule has 122 valence electrons. The molecule has 0 saturated carbocycles. The van der Waals surface area contributed by atoms with Crippen LogP contribution in [0.5, 0.6) is 0 Å². The van der Waals surface area contributed by atoms with Gasteiger partial charge in [0.25, 0.3) is 5.91 Å². The SMILES string of the molecule is CCCCN(C)C(=O)c1ccnc(NCc2cccc(C)c2)c1. The molecule has 0 fully saturated rings. The Hall–Kier alpha value is -2.36. The van der Waals surface area contributed by atoms with Gasteiger partial charge >= 0.3 is 0 Å². The number of rotatable bonds is 7. The first-order valence-electron chi connectivity index (χ1n) is 8.11. The molecule has 0 saturated heterocycles. The number of pyridine rings is 1. The fourth-order valence-electron chi connectivity index (χ4n) is 2.39. The topological polar surface area (TPSA) is 45.2 Å². The van der Waals surface area contributed by atoms with Crippen molar-refractivity contribution in [1.29, 1.82) is 0 Å². The molecule has 0 atom stereocenters. The van der Waals surface area contributed by atoms with Gasteiger partial charge in [0.05, 0.1) is 0 Å². The van der Waals surface area contributed by atoms with Gasteiger partial charge in [-0.25, -0.2) is 4.98 Å². The molecule has 0 aliphatic carbocycles. The van der Waals surface area contributed by atoms with Crippen LogP contribution in [0.25, 0.3) is 0 Å². The Morgan fingerprint density at radius 3 is 2.83 bits per heavy atom. The maximum absolute atomic E-state index is 12.4. The largest absolute Gasteiger partial charge is 0.366 e. The quantitative estimate of drug-likeness (QED) is 0.844. The summed E-state index contributed by atoms with van der Waals surface area (Å²) in [5.41, 5.74) is 3.10. The molecule has 4 heteroatoms. The van der Waals surface area contributed by atoms with Crippen LogP contribution >= 0.6 is 0 Å². The lowest BCUT2D eigenvalue weighted by Gasteiger charge is -2.17. The Morgan fingerprint density at radius 1 is 1.26 bits per heavy atom. The number of unbranched alkanes of at least 4 members (excludes halogenated alkanes) is 1. The molecule has 4 nitrogen and oxygen atoms in total. The number of nitrogens with one attached hydrogen (secondary N) is 1. The van der Waals surface area contributed by atoms with E-state index in [0.29, 0.717) is 12.1 Å². The average Bonchev–Trinajstić information content (AvgIpc) is 2.57. The molecule has 0 bridgehead atoms. The maximum atomic E-state index is 12.4. The molecule has 0 aliphatic heterocycles. The first-order valence-corrected chi connectivity index (χ1v) is 8.11. The van der Waals surface area contributed by atoms with E-state index in [1.54, 1.807) is 17.2 Å². The van der Waals surface area contributed by atoms with Gasteiger partial charge in [0, 0.05) is 31.9 Å². The number of aromatic nitrogens is 1. The van der Waals surface area contributed by atoms with Gasteiger partial charge in [-0.2, -0.15) is 0 Å². The van der Waals surface area contributed by atoms with Crippen molar-refractivity contribution in [2.45, 2.75) is 33.2 Å². The molecule has 1 aromatic carbocycles. The van der Waals surface area contributed by atoms with Crippen LogP contribution in [0, 0.1) is 6.92 Å². The summed E-state index contributed by atoms with van der Waals surface area (Å²) in [6, 6.07) is 11.9. The number of aryl methyl sites for hydroxylation is 1. The van der Waals surface area contributed by atoms with E-state index in [9.17, 15) is 4.79 Å². The maximum Gasteiger partial charge on any atom is 0.253 e. The Kier molecular flexibility index (Phi) is 6.15. The summed E-state index contributed by atoms with van der Waals surface area (Å²) in [5.74, 6) is 0.765. The highest BCUT2D eigenvalue weighted by Crippen LogP contribution is 2.12. The number of nitrogens with zero attached hydrogens (tertiary/aromatic N) is 2. The van der Waals surface area contributed by atoms with Crippen molar-refractivity contribution in [3.8, 4) is 0 Å². The van der Waals surface area contributed by atoms with Crippen molar-refractivity contribution in [2.75, 3.05) is 18.9 Å². The summed E-state index contributed by atoms with van der Waals surface area (Å²) < 4.78 is 0. The number of hydrogen-bond acceptors (Lipinski definition) is 3. The molecular formula is C19H25N3O. The number of amides is 1. The summed E-state index contributed by atoms with van der Waals surface area (Å²) >= 11 is 0.